The quantitative estimate of drug-likeness (QED) is 0.858. The van der Waals surface area contributed by atoms with Crippen LogP contribution in [0.4, 0.5) is 10.1 Å². The van der Waals surface area contributed by atoms with E-state index in [-0.39, 0.29) is 29.3 Å². The summed E-state index contributed by atoms with van der Waals surface area (Å²) in [6.45, 7) is 3.81. The van der Waals surface area contributed by atoms with Crippen LogP contribution in [0.25, 0.3) is 0 Å². The molecule has 2 aromatic carbocycles. The van der Waals surface area contributed by atoms with Crippen LogP contribution in [0.15, 0.2) is 42.5 Å². The Morgan fingerprint density at radius 1 is 1.17 bits per heavy atom. The van der Waals surface area contributed by atoms with E-state index in [1.54, 1.807) is 44.2 Å². The fraction of sp³-hybridized carbons (Fsp3) is 0.222. The lowest BCUT2D eigenvalue weighted by atomic mass is 10.1. The highest BCUT2D eigenvalue weighted by atomic mass is 35.5. The third-order valence-corrected chi connectivity index (χ3v) is 3.64. The molecule has 0 aliphatic carbocycles. The summed E-state index contributed by atoms with van der Waals surface area (Å²) < 4.78 is 13.1. The number of amides is 2. The van der Waals surface area contributed by atoms with E-state index in [0.717, 1.165) is 0 Å². The van der Waals surface area contributed by atoms with Gasteiger partial charge in [0, 0.05) is 23.7 Å². The van der Waals surface area contributed by atoms with Gasteiger partial charge in [-0.25, -0.2) is 4.39 Å². The molecule has 0 aliphatic heterocycles. The summed E-state index contributed by atoms with van der Waals surface area (Å²) in [4.78, 5) is 23.9. The minimum Gasteiger partial charge on any atom is -0.348 e. The Hall–Kier alpha value is -2.40. The van der Waals surface area contributed by atoms with Gasteiger partial charge in [-0.3, -0.25) is 9.59 Å². The van der Waals surface area contributed by atoms with Crippen LogP contribution < -0.4 is 10.6 Å². The zero-order chi connectivity index (χ0) is 17.7. The second-order valence-corrected chi connectivity index (χ2v) is 6.06. The molecule has 0 aliphatic rings. The molecule has 0 atom stereocenters. The SMILES string of the molecule is CC(C)C(=O)Nc1cccc(C(=O)NCc2ccc(F)c(Cl)c2)c1. The van der Waals surface area contributed by atoms with Gasteiger partial charge >= 0.3 is 0 Å². The molecule has 6 heteroatoms. The normalized spacial score (nSPS) is 10.5. The first-order chi connectivity index (χ1) is 11.4. The summed E-state index contributed by atoms with van der Waals surface area (Å²) in [7, 11) is 0. The van der Waals surface area contributed by atoms with Crippen molar-refractivity contribution in [3.63, 3.8) is 0 Å². The fourth-order valence-corrected chi connectivity index (χ4v) is 2.16. The summed E-state index contributed by atoms with van der Waals surface area (Å²) in [5, 5.41) is 5.49. The van der Waals surface area contributed by atoms with Gasteiger partial charge in [-0.2, -0.15) is 0 Å². The first-order valence-electron chi connectivity index (χ1n) is 7.50. The molecular weight excluding hydrogens is 331 g/mol. The second-order valence-electron chi connectivity index (χ2n) is 5.66. The van der Waals surface area contributed by atoms with Crippen LogP contribution in [0.3, 0.4) is 0 Å². The third kappa shape index (κ3) is 4.80. The molecule has 0 radical (unpaired) electrons. The van der Waals surface area contributed by atoms with Crippen molar-refractivity contribution in [2.24, 2.45) is 5.92 Å². The molecule has 24 heavy (non-hydrogen) atoms. The molecule has 0 bridgehead atoms. The second kappa shape index (κ2) is 7.93. The van der Waals surface area contributed by atoms with Crippen molar-refractivity contribution in [3.8, 4) is 0 Å². The summed E-state index contributed by atoms with van der Waals surface area (Å²) in [6.07, 6.45) is 0. The maximum atomic E-state index is 13.1. The van der Waals surface area contributed by atoms with E-state index in [2.05, 4.69) is 10.6 Å². The predicted molar refractivity (Wildman–Crippen MR) is 92.5 cm³/mol. The van der Waals surface area contributed by atoms with Crippen LogP contribution >= 0.6 is 11.6 Å². The molecule has 126 valence electrons. The van der Waals surface area contributed by atoms with E-state index in [9.17, 15) is 14.0 Å². The predicted octanol–water partition coefficient (Wildman–Crippen LogP) is 4.00. The van der Waals surface area contributed by atoms with E-state index in [1.807, 2.05) is 0 Å². The first kappa shape index (κ1) is 17.9. The average molecular weight is 349 g/mol. The van der Waals surface area contributed by atoms with Crippen LogP contribution in [0.5, 0.6) is 0 Å². The Balaban J connectivity index is 2.01. The largest absolute Gasteiger partial charge is 0.348 e. The molecule has 0 saturated heterocycles. The van der Waals surface area contributed by atoms with Crippen LogP contribution in [-0.4, -0.2) is 11.8 Å². The number of nitrogens with one attached hydrogen (secondary N) is 2. The van der Waals surface area contributed by atoms with Crippen LogP contribution in [-0.2, 0) is 11.3 Å². The molecule has 0 unspecified atom stereocenters. The van der Waals surface area contributed by atoms with Crippen molar-refractivity contribution in [1.82, 2.24) is 5.32 Å². The third-order valence-electron chi connectivity index (χ3n) is 3.35. The monoisotopic (exact) mass is 348 g/mol. The molecular formula is C18H18ClFN2O2. The minimum absolute atomic E-state index is 0.0140. The number of hydrogen-bond acceptors (Lipinski definition) is 2. The topological polar surface area (TPSA) is 58.2 Å². The van der Waals surface area contributed by atoms with Crippen molar-refractivity contribution < 1.29 is 14.0 Å². The molecule has 4 nitrogen and oxygen atoms in total. The Bertz CT molecular complexity index is 762. The number of halogens is 2. The summed E-state index contributed by atoms with van der Waals surface area (Å²) in [6, 6.07) is 10.9. The van der Waals surface area contributed by atoms with Crippen LogP contribution in [0.1, 0.15) is 29.8 Å². The molecule has 2 N–H and O–H groups in total. The van der Waals surface area contributed by atoms with Gasteiger partial charge in [-0.15, -0.1) is 0 Å². The van der Waals surface area contributed by atoms with Crippen molar-refractivity contribution in [2.45, 2.75) is 20.4 Å². The summed E-state index contributed by atoms with van der Waals surface area (Å²) in [5.41, 5.74) is 1.68. The van der Waals surface area contributed by atoms with E-state index in [1.165, 1.54) is 12.1 Å². The number of hydrogen-bond donors (Lipinski definition) is 2. The minimum atomic E-state index is -0.500. The van der Waals surface area contributed by atoms with Gasteiger partial charge in [0.25, 0.3) is 5.91 Å². The highest BCUT2D eigenvalue weighted by Crippen LogP contribution is 2.16. The van der Waals surface area contributed by atoms with Crippen LogP contribution in [0, 0.1) is 11.7 Å². The number of anilines is 1. The lowest BCUT2D eigenvalue weighted by Gasteiger charge is -2.10. The Labute approximate surface area is 145 Å². The molecule has 0 saturated carbocycles. The zero-order valence-corrected chi connectivity index (χ0v) is 14.2. The van der Waals surface area contributed by atoms with Gasteiger partial charge in [0.15, 0.2) is 0 Å². The van der Waals surface area contributed by atoms with Gasteiger partial charge in [-0.1, -0.05) is 37.6 Å². The molecule has 2 rings (SSSR count). The van der Waals surface area contributed by atoms with Gasteiger partial charge in [0.2, 0.25) is 5.91 Å². The van der Waals surface area contributed by atoms with E-state index in [4.69, 9.17) is 11.6 Å². The van der Waals surface area contributed by atoms with Crippen molar-refractivity contribution in [1.29, 1.82) is 0 Å². The highest BCUT2D eigenvalue weighted by Gasteiger charge is 2.10. The highest BCUT2D eigenvalue weighted by molar-refractivity contribution is 6.30. The molecule has 2 aromatic rings. The zero-order valence-electron chi connectivity index (χ0n) is 13.4. The summed E-state index contributed by atoms with van der Waals surface area (Å²) in [5.74, 6) is -1.06. The Morgan fingerprint density at radius 2 is 1.92 bits per heavy atom. The molecule has 0 heterocycles. The van der Waals surface area contributed by atoms with Gasteiger partial charge < -0.3 is 10.6 Å². The number of rotatable bonds is 5. The lowest BCUT2D eigenvalue weighted by Crippen LogP contribution is -2.23. The number of benzene rings is 2. The van der Waals surface area contributed by atoms with Crippen molar-refractivity contribution in [2.75, 3.05) is 5.32 Å². The lowest BCUT2D eigenvalue weighted by molar-refractivity contribution is -0.118. The van der Waals surface area contributed by atoms with Crippen molar-refractivity contribution >= 4 is 29.1 Å². The van der Waals surface area contributed by atoms with Gasteiger partial charge in [0.05, 0.1) is 5.02 Å². The Morgan fingerprint density at radius 3 is 2.58 bits per heavy atom. The maximum absolute atomic E-state index is 13.1. The molecule has 0 spiro atoms. The molecule has 2 amide bonds. The Kier molecular flexibility index (Phi) is 5.93. The smallest absolute Gasteiger partial charge is 0.251 e. The van der Waals surface area contributed by atoms with Crippen LogP contribution in [0.2, 0.25) is 5.02 Å². The standard InChI is InChI=1S/C18H18ClFN2O2/c1-11(2)17(23)22-14-5-3-4-13(9-14)18(24)21-10-12-6-7-16(20)15(19)8-12/h3-9,11H,10H2,1-2H3,(H,21,24)(H,22,23). The van der Waals surface area contributed by atoms with E-state index < -0.39 is 5.82 Å². The van der Waals surface area contributed by atoms with Gasteiger partial charge in [-0.05, 0) is 35.9 Å². The fourth-order valence-electron chi connectivity index (χ4n) is 1.96. The average Bonchev–Trinajstić information content (AvgIpc) is 2.55. The summed E-state index contributed by atoms with van der Waals surface area (Å²) >= 11 is 5.71. The number of carbonyl (C=O) groups excluding carboxylic acids is 2. The maximum Gasteiger partial charge on any atom is 0.251 e. The molecule has 0 fully saturated rings. The van der Waals surface area contributed by atoms with E-state index in [0.29, 0.717) is 16.8 Å². The molecule has 0 aromatic heterocycles. The van der Waals surface area contributed by atoms with Gasteiger partial charge in [0.1, 0.15) is 5.82 Å². The van der Waals surface area contributed by atoms with Crippen molar-refractivity contribution in [3.05, 3.63) is 64.4 Å². The van der Waals surface area contributed by atoms with E-state index >= 15 is 0 Å². The first-order valence-corrected chi connectivity index (χ1v) is 7.87. The number of carbonyl (C=O) groups is 2.